The van der Waals surface area contributed by atoms with Crippen molar-refractivity contribution in [2.45, 2.75) is 38.8 Å². The first kappa shape index (κ1) is 16.1. The van der Waals surface area contributed by atoms with Crippen LogP contribution in [0.5, 0.6) is 0 Å². The minimum atomic E-state index is -0.515. The van der Waals surface area contributed by atoms with Crippen LogP contribution in [0.15, 0.2) is 18.3 Å². The molecule has 1 atom stereocenters. The lowest BCUT2D eigenvalue weighted by Crippen LogP contribution is -2.40. The Kier molecular flexibility index (Phi) is 4.06. The molecule has 7 heteroatoms. The maximum atomic E-state index is 11.9. The third-order valence-electron chi connectivity index (χ3n) is 3.87. The van der Waals surface area contributed by atoms with Crippen molar-refractivity contribution in [1.29, 1.82) is 5.26 Å². The van der Waals surface area contributed by atoms with Crippen molar-refractivity contribution in [3.05, 3.63) is 23.9 Å². The smallest absolute Gasteiger partial charge is 0.407 e. The Hall–Kier alpha value is -2.75. The molecule has 3 rings (SSSR count). The van der Waals surface area contributed by atoms with Gasteiger partial charge in [-0.2, -0.15) is 5.26 Å². The Morgan fingerprint density at radius 2 is 2.33 bits per heavy atom. The molecular formula is C17H21N5O2. The Morgan fingerprint density at radius 3 is 3.04 bits per heavy atom. The maximum absolute atomic E-state index is 11.9. The summed E-state index contributed by atoms with van der Waals surface area (Å²) in [6, 6.07) is 5.96. The minimum absolute atomic E-state index is 0.00855. The number of aromatic nitrogens is 2. The fraction of sp³-hybridized carbons (Fsp3) is 0.471. The molecule has 2 N–H and O–H groups in total. The molecule has 126 valence electrons. The van der Waals surface area contributed by atoms with E-state index in [1.54, 1.807) is 6.20 Å². The monoisotopic (exact) mass is 327 g/mol. The highest BCUT2D eigenvalue weighted by Crippen LogP contribution is 2.29. The zero-order valence-corrected chi connectivity index (χ0v) is 14.1. The second kappa shape index (κ2) is 6.04. The summed E-state index contributed by atoms with van der Waals surface area (Å²) in [6.07, 6.45) is 2.07. The largest absolute Gasteiger partial charge is 0.444 e. The summed E-state index contributed by atoms with van der Waals surface area (Å²) in [7, 11) is 0. The summed E-state index contributed by atoms with van der Waals surface area (Å²) >= 11 is 0. The number of pyridine rings is 1. The number of hydrogen-bond acceptors (Lipinski definition) is 5. The molecular weight excluding hydrogens is 306 g/mol. The molecule has 1 aliphatic heterocycles. The molecule has 1 amide bonds. The molecule has 0 bridgehead atoms. The van der Waals surface area contributed by atoms with Gasteiger partial charge in [0.1, 0.15) is 28.6 Å². The fourth-order valence-corrected chi connectivity index (χ4v) is 2.91. The van der Waals surface area contributed by atoms with E-state index in [1.165, 1.54) is 0 Å². The number of anilines is 1. The number of carbonyl (C=O) groups excluding carboxylic acids is 1. The van der Waals surface area contributed by atoms with Gasteiger partial charge in [0.05, 0.1) is 11.6 Å². The topological polar surface area (TPSA) is 94.0 Å². The number of H-pyrrole nitrogens is 1. The number of rotatable bonds is 2. The summed E-state index contributed by atoms with van der Waals surface area (Å²) in [5, 5.41) is 12.4. The maximum Gasteiger partial charge on any atom is 0.407 e. The molecule has 0 saturated carbocycles. The average molecular weight is 327 g/mol. The van der Waals surface area contributed by atoms with Gasteiger partial charge in [-0.05, 0) is 39.3 Å². The van der Waals surface area contributed by atoms with Crippen molar-refractivity contribution in [2.24, 2.45) is 0 Å². The fourth-order valence-electron chi connectivity index (χ4n) is 2.91. The van der Waals surface area contributed by atoms with Crippen LogP contribution in [0.25, 0.3) is 11.0 Å². The van der Waals surface area contributed by atoms with E-state index in [0.717, 1.165) is 24.3 Å². The molecule has 3 heterocycles. The molecule has 0 unspecified atom stereocenters. The van der Waals surface area contributed by atoms with Crippen LogP contribution in [0.3, 0.4) is 0 Å². The molecule has 0 aliphatic carbocycles. The van der Waals surface area contributed by atoms with Crippen LogP contribution in [0, 0.1) is 11.3 Å². The van der Waals surface area contributed by atoms with Gasteiger partial charge in [-0.3, -0.25) is 4.98 Å². The predicted octanol–water partition coefficient (Wildman–Crippen LogP) is 2.54. The summed E-state index contributed by atoms with van der Waals surface area (Å²) in [5.41, 5.74) is 1.55. The van der Waals surface area contributed by atoms with E-state index in [0.29, 0.717) is 17.6 Å². The molecule has 7 nitrogen and oxygen atoms in total. The Bertz CT molecular complexity index is 799. The minimum Gasteiger partial charge on any atom is -0.444 e. The van der Waals surface area contributed by atoms with Gasteiger partial charge in [0, 0.05) is 19.3 Å². The first-order valence-electron chi connectivity index (χ1n) is 7.98. The van der Waals surface area contributed by atoms with E-state index in [4.69, 9.17) is 4.74 Å². The molecule has 2 aromatic rings. The van der Waals surface area contributed by atoms with Gasteiger partial charge in [0.25, 0.3) is 0 Å². The van der Waals surface area contributed by atoms with Crippen molar-refractivity contribution in [3.8, 4) is 6.07 Å². The third-order valence-corrected chi connectivity index (χ3v) is 3.87. The molecule has 0 radical (unpaired) electrons. The second-order valence-electron chi connectivity index (χ2n) is 6.94. The number of ether oxygens (including phenoxy) is 1. The number of alkyl carbamates (subject to hydrolysis) is 1. The Labute approximate surface area is 140 Å². The molecule has 1 fully saturated rings. The van der Waals surface area contributed by atoms with Gasteiger partial charge in [-0.1, -0.05) is 0 Å². The van der Waals surface area contributed by atoms with Crippen molar-refractivity contribution in [2.75, 3.05) is 18.0 Å². The van der Waals surface area contributed by atoms with Gasteiger partial charge in [-0.15, -0.1) is 0 Å². The summed E-state index contributed by atoms with van der Waals surface area (Å²) in [5.74, 6) is 0.764. The summed E-state index contributed by atoms with van der Waals surface area (Å²) in [4.78, 5) is 21.5. The van der Waals surface area contributed by atoms with E-state index >= 15 is 0 Å². The zero-order chi connectivity index (χ0) is 17.3. The van der Waals surface area contributed by atoms with Crippen LogP contribution in [0.1, 0.15) is 32.8 Å². The second-order valence-corrected chi connectivity index (χ2v) is 6.94. The van der Waals surface area contributed by atoms with Crippen LogP contribution >= 0.6 is 0 Å². The molecule has 0 aromatic carbocycles. The number of carbonyl (C=O) groups is 1. The van der Waals surface area contributed by atoms with Crippen molar-refractivity contribution >= 4 is 22.9 Å². The summed E-state index contributed by atoms with van der Waals surface area (Å²) in [6.45, 7) is 6.89. The highest BCUT2D eigenvalue weighted by molar-refractivity contribution is 5.88. The number of aromatic amines is 1. The standard InChI is InChI=1S/C17H21N5O2/c1-17(2,3)24-16(23)20-11-6-8-22(10-11)15-12(9-18)14-13(21-15)5-4-7-19-14/h4-5,7,11,21H,6,8,10H2,1-3H3,(H,20,23)/t11-/m0/s1. The van der Waals surface area contributed by atoms with Crippen LogP contribution in [0.2, 0.25) is 0 Å². The number of nitriles is 1. The molecule has 1 saturated heterocycles. The third kappa shape index (κ3) is 3.27. The summed E-state index contributed by atoms with van der Waals surface area (Å²) < 4.78 is 5.29. The van der Waals surface area contributed by atoms with E-state index in [1.807, 2.05) is 32.9 Å². The predicted molar refractivity (Wildman–Crippen MR) is 90.8 cm³/mol. The number of nitrogens with zero attached hydrogens (tertiary/aromatic N) is 3. The molecule has 0 spiro atoms. The number of fused-ring (bicyclic) bond motifs is 1. The Morgan fingerprint density at radius 1 is 1.54 bits per heavy atom. The quantitative estimate of drug-likeness (QED) is 0.884. The number of nitrogens with one attached hydrogen (secondary N) is 2. The molecule has 24 heavy (non-hydrogen) atoms. The lowest BCUT2D eigenvalue weighted by Gasteiger charge is -2.22. The van der Waals surface area contributed by atoms with Crippen molar-refractivity contribution in [3.63, 3.8) is 0 Å². The number of hydrogen-bond donors (Lipinski definition) is 2. The number of amides is 1. The highest BCUT2D eigenvalue weighted by atomic mass is 16.6. The van der Waals surface area contributed by atoms with E-state index in [9.17, 15) is 10.1 Å². The van der Waals surface area contributed by atoms with Gasteiger partial charge >= 0.3 is 6.09 Å². The van der Waals surface area contributed by atoms with Gasteiger partial charge < -0.3 is 19.9 Å². The van der Waals surface area contributed by atoms with Gasteiger partial charge in [-0.25, -0.2) is 4.79 Å². The van der Waals surface area contributed by atoms with Crippen LogP contribution < -0.4 is 10.2 Å². The van der Waals surface area contributed by atoms with E-state index < -0.39 is 11.7 Å². The Balaban J connectivity index is 1.72. The normalized spacial score (nSPS) is 17.8. The zero-order valence-electron chi connectivity index (χ0n) is 14.1. The lowest BCUT2D eigenvalue weighted by atomic mass is 10.2. The lowest BCUT2D eigenvalue weighted by molar-refractivity contribution is 0.0509. The first-order chi connectivity index (χ1) is 11.4. The van der Waals surface area contributed by atoms with E-state index in [-0.39, 0.29) is 6.04 Å². The van der Waals surface area contributed by atoms with Gasteiger partial charge in [0.2, 0.25) is 0 Å². The molecule has 1 aliphatic rings. The van der Waals surface area contributed by atoms with Crippen molar-refractivity contribution in [1.82, 2.24) is 15.3 Å². The van der Waals surface area contributed by atoms with E-state index in [2.05, 4.69) is 26.3 Å². The highest BCUT2D eigenvalue weighted by Gasteiger charge is 2.29. The van der Waals surface area contributed by atoms with Crippen LogP contribution in [-0.2, 0) is 4.74 Å². The first-order valence-corrected chi connectivity index (χ1v) is 7.98. The van der Waals surface area contributed by atoms with Crippen LogP contribution in [-0.4, -0.2) is 40.8 Å². The average Bonchev–Trinajstić information content (AvgIpc) is 3.08. The van der Waals surface area contributed by atoms with Crippen LogP contribution in [0.4, 0.5) is 10.6 Å². The SMILES string of the molecule is CC(C)(C)OC(=O)N[C@H]1CCN(c2[nH]c3cccnc3c2C#N)C1. The van der Waals surface area contributed by atoms with Gasteiger partial charge in [0.15, 0.2) is 0 Å². The molecule has 2 aromatic heterocycles. The van der Waals surface area contributed by atoms with Crippen molar-refractivity contribution < 1.29 is 9.53 Å².